The fourth-order valence-electron chi connectivity index (χ4n) is 5.53. The second kappa shape index (κ2) is 10.5. The molecule has 0 saturated carbocycles. The van der Waals surface area contributed by atoms with E-state index < -0.39 is 0 Å². The molecule has 34 heavy (non-hydrogen) atoms. The van der Waals surface area contributed by atoms with Crippen molar-refractivity contribution < 1.29 is 14.3 Å². The van der Waals surface area contributed by atoms with E-state index in [1.165, 1.54) is 11.3 Å². The van der Waals surface area contributed by atoms with Crippen LogP contribution in [0.2, 0.25) is 0 Å². The number of likely N-dealkylation sites (tertiary alicyclic amines) is 1. The van der Waals surface area contributed by atoms with Crippen molar-refractivity contribution in [2.24, 2.45) is 0 Å². The van der Waals surface area contributed by atoms with E-state index in [2.05, 4.69) is 26.0 Å². The summed E-state index contributed by atoms with van der Waals surface area (Å²) in [5.41, 5.74) is 3.96. The minimum atomic E-state index is -0.156. The predicted molar refractivity (Wildman–Crippen MR) is 136 cm³/mol. The largest absolute Gasteiger partial charge is 0.491 e. The fraction of sp³-hybridized carbons (Fsp3) is 0.586. The number of pyridine rings is 1. The first kappa shape index (κ1) is 24.7. The third kappa shape index (κ3) is 5.63. The molecular formula is C29H40N2O3. The van der Waals surface area contributed by atoms with E-state index in [-0.39, 0.29) is 23.7 Å². The number of aryl methyl sites for hydroxylation is 2. The van der Waals surface area contributed by atoms with E-state index in [1.807, 2.05) is 50.1 Å². The van der Waals surface area contributed by atoms with Gasteiger partial charge in [0, 0.05) is 36.5 Å². The smallest absolute Gasteiger partial charge is 0.253 e. The number of carbonyl (C=O) groups is 1. The van der Waals surface area contributed by atoms with Gasteiger partial charge < -0.3 is 14.4 Å². The van der Waals surface area contributed by atoms with Gasteiger partial charge >= 0.3 is 0 Å². The number of ether oxygens (including phenoxy) is 2. The number of hydrogen-bond acceptors (Lipinski definition) is 4. The molecule has 1 amide bonds. The Hall–Kier alpha value is -2.40. The van der Waals surface area contributed by atoms with Crippen LogP contribution in [0, 0.1) is 13.8 Å². The van der Waals surface area contributed by atoms with Crippen LogP contribution in [0.25, 0.3) is 0 Å². The number of hydrogen-bond donors (Lipinski definition) is 0. The van der Waals surface area contributed by atoms with Crippen LogP contribution in [0.3, 0.4) is 0 Å². The van der Waals surface area contributed by atoms with E-state index >= 15 is 0 Å². The van der Waals surface area contributed by atoms with Gasteiger partial charge in [0.2, 0.25) is 0 Å². The van der Waals surface area contributed by atoms with Gasteiger partial charge in [-0.05, 0) is 95.2 Å². The summed E-state index contributed by atoms with van der Waals surface area (Å²) in [5.74, 6) is 1.37. The third-order valence-corrected chi connectivity index (χ3v) is 7.29. The van der Waals surface area contributed by atoms with Crippen molar-refractivity contribution in [1.82, 2.24) is 9.88 Å². The first-order valence-electron chi connectivity index (χ1n) is 13.0. The van der Waals surface area contributed by atoms with Crippen LogP contribution in [0.5, 0.6) is 5.75 Å². The minimum absolute atomic E-state index is 0.103. The molecule has 2 aliphatic rings. The lowest BCUT2D eigenvalue weighted by atomic mass is 9.76. The average Bonchev–Trinajstić information content (AvgIpc) is 2.81. The van der Waals surface area contributed by atoms with Crippen LogP contribution in [0.1, 0.15) is 92.4 Å². The Morgan fingerprint density at radius 3 is 2.59 bits per heavy atom. The summed E-state index contributed by atoms with van der Waals surface area (Å²) in [6, 6.07) is 10.1. The Kier molecular flexibility index (Phi) is 7.61. The maximum Gasteiger partial charge on any atom is 0.253 e. The summed E-state index contributed by atoms with van der Waals surface area (Å²) in [6.45, 7) is 11.8. The van der Waals surface area contributed by atoms with Gasteiger partial charge in [0.15, 0.2) is 0 Å². The van der Waals surface area contributed by atoms with Crippen LogP contribution >= 0.6 is 0 Å². The molecule has 184 valence electrons. The van der Waals surface area contributed by atoms with Crippen LogP contribution in [0.4, 0.5) is 0 Å². The van der Waals surface area contributed by atoms with Gasteiger partial charge in [0.25, 0.3) is 5.91 Å². The zero-order chi connectivity index (χ0) is 24.3. The molecule has 5 nitrogen and oxygen atoms in total. The van der Waals surface area contributed by atoms with Crippen molar-refractivity contribution >= 4 is 5.91 Å². The quantitative estimate of drug-likeness (QED) is 0.509. The average molecular weight is 465 g/mol. The van der Waals surface area contributed by atoms with Crippen molar-refractivity contribution in [3.8, 4) is 5.75 Å². The van der Waals surface area contributed by atoms with Gasteiger partial charge in [-0.3, -0.25) is 9.78 Å². The molecule has 0 radical (unpaired) electrons. The lowest BCUT2D eigenvalue weighted by Crippen LogP contribution is -2.52. The molecule has 1 aromatic heterocycles. The molecule has 2 saturated heterocycles. The topological polar surface area (TPSA) is 51.7 Å². The first-order chi connectivity index (χ1) is 16.3. The van der Waals surface area contributed by atoms with Gasteiger partial charge in [-0.15, -0.1) is 0 Å². The number of benzene rings is 1. The van der Waals surface area contributed by atoms with E-state index in [1.54, 1.807) is 0 Å². The maximum atomic E-state index is 13.3. The van der Waals surface area contributed by atoms with Crippen LogP contribution in [-0.4, -0.2) is 46.7 Å². The van der Waals surface area contributed by atoms with E-state index in [9.17, 15) is 4.79 Å². The molecule has 3 heterocycles. The van der Waals surface area contributed by atoms with Crippen molar-refractivity contribution in [1.29, 1.82) is 0 Å². The molecule has 0 N–H and O–H groups in total. The molecule has 2 atom stereocenters. The van der Waals surface area contributed by atoms with E-state index in [0.29, 0.717) is 5.92 Å². The highest BCUT2D eigenvalue weighted by Crippen LogP contribution is 2.45. The molecule has 0 aliphatic carbocycles. The number of amides is 1. The van der Waals surface area contributed by atoms with Gasteiger partial charge in [0.1, 0.15) is 5.75 Å². The normalized spacial score (nSPS) is 22.2. The van der Waals surface area contributed by atoms with Crippen molar-refractivity contribution in [3.05, 3.63) is 58.9 Å². The minimum Gasteiger partial charge on any atom is -0.491 e. The van der Waals surface area contributed by atoms with E-state index in [4.69, 9.17) is 14.5 Å². The van der Waals surface area contributed by atoms with Crippen LogP contribution in [-0.2, 0) is 4.74 Å². The Labute approximate surface area is 204 Å². The summed E-state index contributed by atoms with van der Waals surface area (Å²) in [4.78, 5) is 20.0. The van der Waals surface area contributed by atoms with Gasteiger partial charge in [0.05, 0.1) is 17.8 Å². The lowest BCUT2D eigenvalue weighted by Gasteiger charge is -2.49. The number of piperidine rings is 1. The molecule has 1 aromatic carbocycles. The van der Waals surface area contributed by atoms with Crippen molar-refractivity contribution in [2.45, 2.75) is 96.9 Å². The highest BCUT2D eigenvalue weighted by Gasteiger charge is 2.44. The molecular weight excluding hydrogens is 424 g/mol. The summed E-state index contributed by atoms with van der Waals surface area (Å²) in [7, 11) is 0. The fourth-order valence-corrected chi connectivity index (χ4v) is 5.53. The molecule has 1 spiro atoms. The predicted octanol–water partition coefficient (Wildman–Crippen LogP) is 6.22. The standard InChI is InChI=1S/C29H40N2O3/c1-6-7-25-17-24(26-10-8-21(4)19-30-26)18-29(34-25)12-14-31(15-13-29)28(32)23-9-11-27(22(5)16-23)33-20(2)3/h8-11,16,19-20,24-25H,6-7,12-15,17-18H2,1-5H3. The number of carbonyl (C=O) groups excluding carboxylic acids is 1. The summed E-state index contributed by atoms with van der Waals surface area (Å²) < 4.78 is 12.6. The van der Waals surface area contributed by atoms with Crippen LogP contribution < -0.4 is 4.74 Å². The Morgan fingerprint density at radius 1 is 1.21 bits per heavy atom. The van der Waals surface area contributed by atoms with E-state index in [0.717, 1.165) is 68.5 Å². The summed E-state index contributed by atoms with van der Waals surface area (Å²) >= 11 is 0. The number of nitrogens with zero attached hydrogens (tertiary/aromatic N) is 2. The van der Waals surface area contributed by atoms with Crippen LogP contribution in [0.15, 0.2) is 36.5 Å². The Balaban J connectivity index is 1.44. The number of rotatable bonds is 6. The first-order valence-corrected chi connectivity index (χ1v) is 13.0. The summed E-state index contributed by atoms with van der Waals surface area (Å²) in [6.07, 6.45) is 8.36. The number of aromatic nitrogens is 1. The highest BCUT2D eigenvalue weighted by atomic mass is 16.5. The molecule has 2 unspecified atom stereocenters. The van der Waals surface area contributed by atoms with Crippen molar-refractivity contribution in [2.75, 3.05) is 13.1 Å². The second-order valence-corrected chi connectivity index (χ2v) is 10.5. The molecule has 5 heteroatoms. The van der Waals surface area contributed by atoms with Gasteiger partial charge in [-0.1, -0.05) is 19.4 Å². The third-order valence-electron chi connectivity index (χ3n) is 7.29. The summed E-state index contributed by atoms with van der Waals surface area (Å²) in [5, 5.41) is 0. The molecule has 2 aromatic rings. The van der Waals surface area contributed by atoms with Gasteiger partial charge in [-0.2, -0.15) is 0 Å². The molecule has 2 fully saturated rings. The molecule has 2 aliphatic heterocycles. The lowest BCUT2D eigenvalue weighted by molar-refractivity contribution is -0.158. The Morgan fingerprint density at radius 2 is 1.97 bits per heavy atom. The zero-order valence-electron chi connectivity index (χ0n) is 21.5. The second-order valence-electron chi connectivity index (χ2n) is 10.5. The van der Waals surface area contributed by atoms with Gasteiger partial charge in [-0.25, -0.2) is 0 Å². The molecule has 0 bridgehead atoms. The monoisotopic (exact) mass is 464 g/mol. The molecule has 4 rings (SSSR count). The Bertz CT molecular complexity index is 977. The maximum absolute atomic E-state index is 13.3. The zero-order valence-corrected chi connectivity index (χ0v) is 21.5. The highest BCUT2D eigenvalue weighted by molar-refractivity contribution is 5.94. The SMILES string of the molecule is CCCC1CC(c2ccc(C)cn2)CC2(CCN(C(=O)c3ccc(OC(C)C)c(C)c3)CC2)O1. The van der Waals surface area contributed by atoms with Crippen molar-refractivity contribution in [3.63, 3.8) is 0 Å².